The van der Waals surface area contributed by atoms with E-state index < -0.39 is 0 Å². The molecule has 0 amide bonds. The molecule has 0 aliphatic carbocycles. The fourth-order valence-electron chi connectivity index (χ4n) is 7.91. The molecule has 1 aliphatic rings. The zero-order valence-corrected chi connectivity index (χ0v) is 28.2. The number of hydrogen-bond acceptors (Lipinski definition) is 4. The van der Waals surface area contributed by atoms with Crippen molar-refractivity contribution in [2.75, 3.05) is 0 Å². The highest BCUT2D eigenvalue weighted by Crippen LogP contribution is 2.41. The summed E-state index contributed by atoms with van der Waals surface area (Å²) in [5.74, 6) is 1.45. The van der Waals surface area contributed by atoms with Gasteiger partial charge in [0.05, 0.1) is 22.1 Å². The summed E-state index contributed by atoms with van der Waals surface area (Å²) in [6.45, 7) is 0. The van der Waals surface area contributed by atoms with Gasteiger partial charge in [-0.05, 0) is 42.0 Å². The molecule has 3 aromatic heterocycles. The predicted molar refractivity (Wildman–Crippen MR) is 215 cm³/mol. The Morgan fingerprint density at radius 1 is 0.490 bits per heavy atom. The number of rotatable bonds is 3. The second-order valence-corrected chi connectivity index (χ2v) is 14.1. The third-order valence-corrected chi connectivity index (χ3v) is 11.3. The number of aromatic nitrogens is 2. The van der Waals surface area contributed by atoms with Crippen LogP contribution in [0.2, 0.25) is 0 Å². The average molecular weight is 672 g/mol. The first-order valence-corrected chi connectivity index (χ1v) is 18.0. The number of fused-ring (bicyclic) bond motifs is 10. The van der Waals surface area contributed by atoms with Crippen LogP contribution in [0.5, 0.6) is 0 Å². The van der Waals surface area contributed by atoms with E-state index in [4.69, 9.17) is 9.98 Å². The number of aliphatic imine (C=N–C) groups is 2. The fourth-order valence-corrected chi connectivity index (χ4v) is 9.07. The Bertz CT molecular complexity index is 3060. The summed E-state index contributed by atoms with van der Waals surface area (Å²) in [7, 11) is 0. The molecule has 0 radical (unpaired) electrons. The molecule has 1 N–H and O–H groups in total. The van der Waals surface area contributed by atoms with Gasteiger partial charge in [-0.15, -0.1) is 11.3 Å². The number of para-hydroxylation sites is 3. The summed E-state index contributed by atoms with van der Waals surface area (Å²) in [5.41, 5.74) is 7.68. The minimum absolute atomic E-state index is 0.349. The second kappa shape index (κ2) is 11.0. The summed E-state index contributed by atoms with van der Waals surface area (Å²) in [6.07, 6.45) is -0.349. The lowest BCUT2D eigenvalue weighted by Crippen LogP contribution is -2.35. The van der Waals surface area contributed by atoms with Gasteiger partial charge in [0.25, 0.3) is 0 Å². The number of benzene rings is 7. The van der Waals surface area contributed by atoms with Crippen LogP contribution in [-0.2, 0) is 0 Å². The highest BCUT2D eigenvalue weighted by Gasteiger charge is 2.26. The molecule has 1 aliphatic heterocycles. The van der Waals surface area contributed by atoms with Crippen LogP contribution in [0.15, 0.2) is 174 Å². The van der Waals surface area contributed by atoms with Gasteiger partial charge < -0.3 is 9.88 Å². The SMILES string of the molecule is c1ccc(C2=NC(n3c4ccccc4c4ccc5c6ccccc6n(-c6ccccc6)c5c43)=NC(c3ccc4c(c3)sc3ccccc34)N2)cc1. The predicted octanol–water partition coefficient (Wildman–Crippen LogP) is 11.2. The Hall–Kier alpha value is -6.50. The van der Waals surface area contributed by atoms with Crippen molar-refractivity contribution in [1.82, 2.24) is 14.5 Å². The molecule has 1 atom stereocenters. The van der Waals surface area contributed by atoms with Crippen molar-refractivity contribution in [2.45, 2.75) is 6.17 Å². The van der Waals surface area contributed by atoms with Crippen molar-refractivity contribution in [2.24, 2.45) is 9.98 Å². The van der Waals surface area contributed by atoms with E-state index in [1.54, 1.807) is 0 Å². The molecule has 0 bridgehead atoms. The minimum Gasteiger partial charge on any atom is -0.344 e. The largest absolute Gasteiger partial charge is 0.344 e. The van der Waals surface area contributed by atoms with Crippen molar-refractivity contribution < 1.29 is 0 Å². The monoisotopic (exact) mass is 671 g/mol. The maximum absolute atomic E-state index is 5.47. The number of nitrogens with zero attached hydrogens (tertiary/aromatic N) is 4. The van der Waals surface area contributed by atoms with Crippen LogP contribution in [0.3, 0.4) is 0 Å². The zero-order chi connectivity index (χ0) is 33.5. The molecule has 0 spiro atoms. The highest BCUT2D eigenvalue weighted by molar-refractivity contribution is 7.25. The number of nitrogens with one attached hydrogen (secondary N) is 1. The molecule has 10 aromatic rings. The summed E-state index contributed by atoms with van der Waals surface area (Å²) in [6, 6.07) is 58.3. The third-order valence-electron chi connectivity index (χ3n) is 10.2. The molecule has 0 saturated carbocycles. The van der Waals surface area contributed by atoms with Gasteiger partial charge >= 0.3 is 0 Å². The van der Waals surface area contributed by atoms with Crippen LogP contribution >= 0.6 is 11.3 Å². The van der Waals surface area contributed by atoms with Gasteiger partial charge in [0, 0.05) is 53.0 Å². The second-order valence-electron chi connectivity index (χ2n) is 13.1. The lowest BCUT2D eigenvalue weighted by atomic mass is 10.1. The van der Waals surface area contributed by atoms with Crippen molar-refractivity contribution in [3.8, 4) is 5.69 Å². The van der Waals surface area contributed by atoms with Gasteiger partial charge in [-0.1, -0.05) is 127 Å². The van der Waals surface area contributed by atoms with Gasteiger partial charge in [-0.25, -0.2) is 4.99 Å². The van der Waals surface area contributed by atoms with Crippen LogP contribution < -0.4 is 5.32 Å². The number of hydrogen-bond donors (Lipinski definition) is 1. The van der Waals surface area contributed by atoms with Crippen LogP contribution in [0.1, 0.15) is 17.3 Å². The van der Waals surface area contributed by atoms with Crippen molar-refractivity contribution >= 4 is 86.9 Å². The van der Waals surface area contributed by atoms with E-state index in [0.717, 1.165) is 39.2 Å². The van der Waals surface area contributed by atoms with Gasteiger partial charge in [-0.2, -0.15) is 4.99 Å². The standard InChI is InChI=1S/C45H29N5S/c1-3-13-28(14-4-1)43-46-44(29-23-24-34-33-19-9-12-22-39(33)51-40(34)27-29)48-45(47-43)50-38-21-11-8-18-32(38)36-26-25-35-31-17-7-10-20-37(31)49(41(35)42(36)50)30-15-5-2-6-16-30/h1-27,44H,(H,46,47,48). The molecule has 5 nitrogen and oxygen atoms in total. The summed E-state index contributed by atoms with van der Waals surface area (Å²) < 4.78 is 7.24. The van der Waals surface area contributed by atoms with Gasteiger partial charge in [0.15, 0.2) is 0 Å². The van der Waals surface area contributed by atoms with Crippen LogP contribution in [0.25, 0.3) is 69.5 Å². The van der Waals surface area contributed by atoms with Crippen LogP contribution in [-0.4, -0.2) is 20.9 Å². The first kappa shape index (κ1) is 28.3. The molecule has 11 rings (SSSR count). The van der Waals surface area contributed by atoms with Crippen molar-refractivity contribution in [1.29, 1.82) is 0 Å². The van der Waals surface area contributed by atoms with Crippen molar-refractivity contribution in [3.63, 3.8) is 0 Å². The maximum atomic E-state index is 5.47. The quantitative estimate of drug-likeness (QED) is 0.200. The van der Waals surface area contributed by atoms with E-state index in [0.29, 0.717) is 5.96 Å². The summed E-state index contributed by atoms with van der Waals surface area (Å²) >= 11 is 1.83. The molecular weight excluding hydrogens is 643 g/mol. The average Bonchev–Trinajstić information content (AvgIpc) is 3.86. The topological polar surface area (TPSA) is 46.6 Å². The summed E-state index contributed by atoms with van der Waals surface area (Å²) in [4.78, 5) is 10.8. The molecule has 240 valence electrons. The van der Waals surface area contributed by atoms with E-state index >= 15 is 0 Å². The van der Waals surface area contributed by atoms with Gasteiger partial charge in [0.2, 0.25) is 5.96 Å². The fraction of sp³-hybridized carbons (Fsp3) is 0.0222. The molecule has 51 heavy (non-hydrogen) atoms. The summed E-state index contributed by atoms with van der Waals surface area (Å²) in [5, 5.41) is 11.0. The van der Waals surface area contributed by atoms with E-state index in [1.165, 1.54) is 47.2 Å². The van der Waals surface area contributed by atoms with E-state index in [9.17, 15) is 0 Å². The Morgan fingerprint density at radius 3 is 1.80 bits per heavy atom. The first-order valence-electron chi connectivity index (χ1n) is 17.2. The molecule has 4 heterocycles. The van der Waals surface area contributed by atoms with E-state index in [-0.39, 0.29) is 6.17 Å². The highest BCUT2D eigenvalue weighted by atomic mass is 32.1. The first-order chi connectivity index (χ1) is 25.3. The molecule has 0 fully saturated rings. The minimum atomic E-state index is -0.349. The van der Waals surface area contributed by atoms with E-state index in [1.807, 2.05) is 17.4 Å². The van der Waals surface area contributed by atoms with E-state index in [2.05, 4.69) is 172 Å². The smallest absolute Gasteiger partial charge is 0.234 e. The maximum Gasteiger partial charge on any atom is 0.234 e. The zero-order valence-electron chi connectivity index (χ0n) is 27.4. The normalized spacial score (nSPS) is 14.9. The van der Waals surface area contributed by atoms with Crippen molar-refractivity contribution in [3.05, 3.63) is 175 Å². The van der Waals surface area contributed by atoms with Crippen LogP contribution in [0.4, 0.5) is 0 Å². The number of amidine groups is 1. The Labute approximate surface area is 297 Å². The Balaban J connectivity index is 1.23. The Kier molecular flexibility index (Phi) is 6.12. The third kappa shape index (κ3) is 4.27. The van der Waals surface area contributed by atoms with Gasteiger partial charge in [-0.3, -0.25) is 4.57 Å². The molecular formula is C45H29N5S. The molecule has 0 saturated heterocycles. The lowest BCUT2D eigenvalue weighted by molar-refractivity contribution is 0.669. The molecule has 7 aromatic carbocycles. The molecule has 1 unspecified atom stereocenters. The van der Waals surface area contributed by atoms with Crippen LogP contribution in [0, 0.1) is 0 Å². The lowest BCUT2D eigenvalue weighted by Gasteiger charge is -2.24. The number of thiophene rings is 1. The Morgan fingerprint density at radius 2 is 1.06 bits per heavy atom. The molecule has 6 heteroatoms. The van der Waals surface area contributed by atoms with Gasteiger partial charge in [0.1, 0.15) is 12.0 Å².